The van der Waals surface area contributed by atoms with Crippen molar-refractivity contribution in [2.75, 3.05) is 26.8 Å². The van der Waals surface area contributed by atoms with Crippen LogP contribution in [-0.2, 0) is 14.3 Å². The number of hydrogen-bond acceptors (Lipinski definition) is 3. The predicted molar refractivity (Wildman–Crippen MR) is 71.5 cm³/mol. The van der Waals surface area contributed by atoms with E-state index in [0.717, 1.165) is 32.2 Å². The zero-order valence-corrected chi connectivity index (χ0v) is 11.9. The third-order valence-electron chi connectivity index (χ3n) is 4.17. The van der Waals surface area contributed by atoms with Crippen molar-refractivity contribution in [1.29, 1.82) is 0 Å². The van der Waals surface area contributed by atoms with Crippen LogP contribution < -0.4 is 5.32 Å². The third-order valence-corrected chi connectivity index (χ3v) is 4.17. The van der Waals surface area contributed by atoms with E-state index in [2.05, 4.69) is 5.32 Å². The molecule has 5 heteroatoms. The van der Waals surface area contributed by atoms with E-state index in [0.29, 0.717) is 19.2 Å². The molecule has 0 aromatic rings. The number of hydrogen-bond donors (Lipinski definition) is 1. The van der Waals surface area contributed by atoms with Gasteiger partial charge in [0.25, 0.3) is 0 Å². The maximum Gasteiger partial charge on any atom is 0.226 e. The number of carbonyl (C=O) groups is 2. The Bertz CT molecular complexity index is 346. The molecule has 0 aromatic heterocycles. The van der Waals surface area contributed by atoms with E-state index >= 15 is 0 Å². The van der Waals surface area contributed by atoms with Gasteiger partial charge in [-0.3, -0.25) is 9.59 Å². The number of nitrogens with one attached hydrogen (secondary N) is 1. The smallest absolute Gasteiger partial charge is 0.226 e. The molecule has 108 valence electrons. The first-order valence-electron chi connectivity index (χ1n) is 7.22. The number of carbonyl (C=O) groups excluding carboxylic acids is 2. The van der Waals surface area contributed by atoms with Crippen LogP contribution in [0.15, 0.2) is 0 Å². The Hall–Kier alpha value is -1.10. The minimum atomic E-state index is -0.147. The molecule has 3 unspecified atom stereocenters. The van der Waals surface area contributed by atoms with Crippen LogP contribution in [0.2, 0.25) is 0 Å². The zero-order valence-electron chi connectivity index (χ0n) is 11.9. The van der Waals surface area contributed by atoms with Crippen LogP contribution in [0, 0.1) is 11.8 Å². The number of methoxy groups -OCH3 is 1. The fourth-order valence-electron chi connectivity index (χ4n) is 2.91. The van der Waals surface area contributed by atoms with Gasteiger partial charge in [0.15, 0.2) is 0 Å². The van der Waals surface area contributed by atoms with Gasteiger partial charge in [0.05, 0.1) is 6.61 Å². The fraction of sp³-hybridized carbons (Fsp3) is 0.857. The lowest BCUT2D eigenvalue weighted by atomic mass is 9.78. The average Bonchev–Trinajstić information content (AvgIpc) is 3.15. The monoisotopic (exact) mass is 268 g/mol. The summed E-state index contributed by atoms with van der Waals surface area (Å²) in [7, 11) is 1.61. The molecule has 3 atom stereocenters. The molecule has 1 aliphatic heterocycles. The summed E-state index contributed by atoms with van der Waals surface area (Å²) in [6.45, 7) is 3.94. The summed E-state index contributed by atoms with van der Waals surface area (Å²) in [5.41, 5.74) is 0. The van der Waals surface area contributed by atoms with E-state index in [-0.39, 0.29) is 23.7 Å². The molecule has 2 fully saturated rings. The van der Waals surface area contributed by atoms with Gasteiger partial charge < -0.3 is 15.0 Å². The minimum absolute atomic E-state index is 0.0182. The van der Waals surface area contributed by atoms with Crippen molar-refractivity contribution in [3.8, 4) is 0 Å². The number of amides is 2. The third kappa shape index (κ3) is 3.47. The highest BCUT2D eigenvalue weighted by Crippen LogP contribution is 2.34. The molecule has 1 aliphatic carbocycles. The highest BCUT2D eigenvalue weighted by molar-refractivity contribution is 5.89. The number of nitrogens with zero attached hydrogens (tertiary/aromatic N) is 1. The van der Waals surface area contributed by atoms with E-state index < -0.39 is 0 Å². The standard InChI is InChI=1S/C14H24N2O3/c1-10-9-16(10)14(18)12-6-4-3-5-11(12)13(17)15-7-8-19-2/h10-12H,3-9H2,1-2H3,(H,15,17). The summed E-state index contributed by atoms with van der Waals surface area (Å²) in [6, 6.07) is 0.367. The van der Waals surface area contributed by atoms with Crippen molar-refractivity contribution in [2.24, 2.45) is 11.8 Å². The van der Waals surface area contributed by atoms with Crippen LogP contribution in [0.25, 0.3) is 0 Å². The molecule has 2 amide bonds. The highest BCUT2D eigenvalue weighted by atomic mass is 16.5. The van der Waals surface area contributed by atoms with E-state index in [1.165, 1.54) is 0 Å². The Morgan fingerprint density at radius 1 is 1.26 bits per heavy atom. The molecule has 1 saturated carbocycles. The molecule has 1 saturated heterocycles. The van der Waals surface area contributed by atoms with Crippen molar-refractivity contribution in [3.63, 3.8) is 0 Å². The fourth-order valence-corrected chi connectivity index (χ4v) is 2.91. The quantitative estimate of drug-likeness (QED) is 0.592. The molecule has 2 aliphatic rings. The summed E-state index contributed by atoms with van der Waals surface area (Å²) in [4.78, 5) is 26.4. The topological polar surface area (TPSA) is 58.4 Å². The maximum absolute atomic E-state index is 12.3. The molecule has 19 heavy (non-hydrogen) atoms. The van der Waals surface area contributed by atoms with E-state index in [9.17, 15) is 9.59 Å². The van der Waals surface area contributed by atoms with Gasteiger partial charge in [0.2, 0.25) is 11.8 Å². The Labute approximate surface area is 114 Å². The summed E-state index contributed by atoms with van der Waals surface area (Å²) in [6.07, 6.45) is 3.78. The maximum atomic E-state index is 12.3. The summed E-state index contributed by atoms with van der Waals surface area (Å²) in [5.74, 6) is -0.0594. The van der Waals surface area contributed by atoms with Crippen molar-refractivity contribution >= 4 is 11.8 Å². The Morgan fingerprint density at radius 3 is 2.47 bits per heavy atom. The molecular weight excluding hydrogens is 244 g/mol. The zero-order chi connectivity index (χ0) is 13.8. The first kappa shape index (κ1) is 14.3. The SMILES string of the molecule is COCCNC(=O)C1CCCCC1C(=O)N1CC1C. The molecule has 0 bridgehead atoms. The first-order chi connectivity index (χ1) is 9.15. The molecule has 1 heterocycles. The molecule has 2 rings (SSSR count). The van der Waals surface area contributed by atoms with Gasteiger partial charge in [-0.05, 0) is 19.8 Å². The average molecular weight is 268 g/mol. The number of rotatable bonds is 5. The second-order valence-corrected chi connectivity index (χ2v) is 5.62. The van der Waals surface area contributed by atoms with Gasteiger partial charge in [-0.2, -0.15) is 0 Å². The van der Waals surface area contributed by atoms with Crippen LogP contribution >= 0.6 is 0 Å². The van der Waals surface area contributed by atoms with Gasteiger partial charge >= 0.3 is 0 Å². The van der Waals surface area contributed by atoms with Gasteiger partial charge in [0.1, 0.15) is 0 Å². The second kappa shape index (κ2) is 6.37. The van der Waals surface area contributed by atoms with E-state index in [1.807, 2.05) is 11.8 Å². The second-order valence-electron chi connectivity index (χ2n) is 5.62. The predicted octanol–water partition coefficient (Wildman–Crippen LogP) is 0.786. The molecule has 5 nitrogen and oxygen atoms in total. The Kier molecular flexibility index (Phi) is 4.80. The van der Waals surface area contributed by atoms with Crippen LogP contribution in [0.1, 0.15) is 32.6 Å². The highest BCUT2D eigenvalue weighted by Gasteiger charge is 2.43. The van der Waals surface area contributed by atoms with Crippen LogP contribution in [0.3, 0.4) is 0 Å². The van der Waals surface area contributed by atoms with Crippen molar-refractivity contribution < 1.29 is 14.3 Å². The van der Waals surface area contributed by atoms with Crippen LogP contribution in [-0.4, -0.2) is 49.6 Å². The Balaban J connectivity index is 1.91. The molecule has 0 radical (unpaired) electrons. The number of ether oxygens (including phenoxy) is 1. The van der Waals surface area contributed by atoms with Gasteiger partial charge in [0, 0.05) is 38.1 Å². The lowest BCUT2D eigenvalue weighted by Crippen LogP contribution is -2.42. The van der Waals surface area contributed by atoms with Gasteiger partial charge in [-0.25, -0.2) is 0 Å². The molecule has 1 N–H and O–H groups in total. The molecule has 0 aromatic carbocycles. The summed E-state index contributed by atoms with van der Waals surface area (Å²) < 4.78 is 4.93. The summed E-state index contributed by atoms with van der Waals surface area (Å²) in [5, 5.41) is 2.87. The first-order valence-corrected chi connectivity index (χ1v) is 7.22. The Morgan fingerprint density at radius 2 is 1.89 bits per heavy atom. The van der Waals surface area contributed by atoms with Crippen LogP contribution in [0.4, 0.5) is 0 Å². The van der Waals surface area contributed by atoms with Crippen molar-refractivity contribution in [1.82, 2.24) is 10.2 Å². The van der Waals surface area contributed by atoms with E-state index in [4.69, 9.17) is 4.74 Å². The molecular formula is C14H24N2O3. The van der Waals surface area contributed by atoms with Crippen molar-refractivity contribution in [3.05, 3.63) is 0 Å². The normalized spacial score (nSPS) is 30.0. The van der Waals surface area contributed by atoms with E-state index in [1.54, 1.807) is 7.11 Å². The minimum Gasteiger partial charge on any atom is -0.383 e. The van der Waals surface area contributed by atoms with Gasteiger partial charge in [-0.15, -0.1) is 0 Å². The van der Waals surface area contributed by atoms with Crippen LogP contribution in [0.5, 0.6) is 0 Å². The molecule has 0 spiro atoms. The van der Waals surface area contributed by atoms with Gasteiger partial charge in [-0.1, -0.05) is 12.8 Å². The lowest BCUT2D eigenvalue weighted by Gasteiger charge is -2.29. The van der Waals surface area contributed by atoms with Crippen molar-refractivity contribution in [2.45, 2.75) is 38.6 Å². The largest absolute Gasteiger partial charge is 0.383 e. The lowest BCUT2D eigenvalue weighted by molar-refractivity contribution is -0.140. The summed E-state index contributed by atoms with van der Waals surface area (Å²) >= 11 is 0.